The molecule has 1 aromatic rings. The Labute approximate surface area is 123 Å². The highest BCUT2D eigenvalue weighted by atomic mass is 79.9. The maximum absolute atomic E-state index is 5.77. The molecule has 5 nitrogen and oxygen atoms in total. The molecule has 0 bridgehead atoms. The highest BCUT2D eigenvalue weighted by molar-refractivity contribution is 9.10. The third-order valence-corrected chi connectivity index (χ3v) is 4.53. The van der Waals surface area contributed by atoms with Crippen LogP contribution in [0.1, 0.15) is 43.8 Å². The van der Waals surface area contributed by atoms with Gasteiger partial charge in [0.15, 0.2) is 0 Å². The molecule has 1 atom stereocenters. The number of nitrogens with one attached hydrogen (secondary N) is 1. The summed E-state index contributed by atoms with van der Waals surface area (Å²) in [7, 11) is 1.70. The van der Waals surface area contributed by atoms with E-state index in [1.54, 1.807) is 7.11 Å². The fourth-order valence-corrected chi connectivity index (χ4v) is 3.48. The maximum Gasteiger partial charge on any atom is 0.0710 e. The van der Waals surface area contributed by atoms with Crippen molar-refractivity contribution < 1.29 is 4.74 Å². The van der Waals surface area contributed by atoms with Crippen LogP contribution in [0.3, 0.4) is 0 Å². The number of aromatic nitrogens is 2. The second-order valence-corrected chi connectivity index (χ2v) is 6.05. The van der Waals surface area contributed by atoms with Gasteiger partial charge >= 0.3 is 0 Å². The molecule has 0 radical (unpaired) electrons. The Balaban J connectivity index is 2.09. The van der Waals surface area contributed by atoms with E-state index >= 15 is 0 Å². The first-order valence-corrected chi connectivity index (χ1v) is 7.71. The molecule has 1 unspecified atom stereocenters. The van der Waals surface area contributed by atoms with Crippen LogP contribution >= 0.6 is 15.9 Å². The quantitative estimate of drug-likeness (QED) is 0.595. The Kier molecular flexibility index (Phi) is 5.81. The van der Waals surface area contributed by atoms with Gasteiger partial charge in [-0.15, -0.1) is 0 Å². The van der Waals surface area contributed by atoms with Crippen molar-refractivity contribution in [1.82, 2.24) is 15.2 Å². The first-order valence-electron chi connectivity index (χ1n) is 6.92. The molecule has 0 aliphatic heterocycles. The lowest BCUT2D eigenvalue weighted by Crippen LogP contribution is -2.31. The third-order valence-electron chi connectivity index (χ3n) is 3.92. The van der Waals surface area contributed by atoms with Crippen LogP contribution in [0.15, 0.2) is 10.7 Å². The lowest BCUT2D eigenvalue weighted by atomic mass is 9.97. The summed E-state index contributed by atoms with van der Waals surface area (Å²) in [5.74, 6) is 6.54. The molecule has 1 aliphatic carbocycles. The van der Waals surface area contributed by atoms with Crippen molar-refractivity contribution in [1.29, 1.82) is 0 Å². The van der Waals surface area contributed by atoms with Crippen molar-refractivity contribution >= 4 is 15.9 Å². The van der Waals surface area contributed by atoms with E-state index in [2.05, 4.69) is 26.5 Å². The third kappa shape index (κ3) is 3.78. The molecular formula is C13H23BrN4O. The van der Waals surface area contributed by atoms with Gasteiger partial charge in [0.2, 0.25) is 0 Å². The van der Waals surface area contributed by atoms with Crippen molar-refractivity contribution in [2.24, 2.45) is 11.8 Å². The standard InChI is InChI=1S/C13H23BrN4O/c1-19-7-6-18-13(11(14)9-16-18)12(17-15)8-10-4-2-3-5-10/h9-10,12,17H,2-8,15H2,1H3. The van der Waals surface area contributed by atoms with Crippen LogP contribution in [-0.2, 0) is 11.3 Å². The SMILES string of the molecule is COCCn1ncc(Br)c1C(CC1CCCC1)NN. The molecule has 0 saturated heterocycles. The van der Waals surface area contributed by atoms with Crippen LogP contribution in [0.4, 0.5) is 0 Å². The van der Waals surface area contributed by atoms with Crippen LogP contribution in [0.2, 0.25) is 0 Å². The van der Waals surface area contributed by atoms with E-state index in [4.69, 9.17) is 10.6 Å². The zero-order valence-corrected chi connectivity index (χ0v) is 13.0. The van der Waals surface area contributed by atoms with E-state index in [0.29, 0.717) is 6.61 Å². The van der Waals surface area contributed by atoms with E-state index in [-0.39, 0.29) is 6.04 Å². The fraction of sp³-hybridized carbons (Fsp3) is 0.769. The predicted octanol–water partition coefficient (Wildman–Crippen LogP) is 2.38. The summed E-state index contributed by atoms with van der Waals surface area (Å²) < 4.78 is 8.13. The van der Waals surface area contributed by atoms with E-state index in [1.807, 2.05) is 10.9 Å². The van der Waals surface area contributed by atoms with E-state index in [1.165, 1.54) is 25.7 Å². The highest BCUT2D eigenvalue weighted by Gasteiger charge is 2.24. The molecule has 0 aromatic carbocycles. The van der Waals surface area contributed by atoms with Gasteiger partial charge in [-0.3, -0.25) is 16.0 Å². The van der Waals surface area contributed by atoms with Crippen LogP contribution in [0.25, 0.3) is 0 Å². The van der Waals surface area contributed by atoms with Gasteiger partial charge < -0.3 is 4.74 Å². The molecule has 1 aliphatic rings. The number of hydrogen-bond acceptors (Lipinski definition) is 4. The Hall–Kier alpha value is -0.430. The molecule has 0 spiro atoms. The first-order chi connectivity index (χ1) is 9.26. The van der Waals surface area contributed by atoms with Crippen LogP contribution in [0.5, 0.6) is 0 Å². The monoisotopic (exact) mass is 330 g/mol. The summed E-state index contributed by atoms with van der Waals surface area (Å²) >= 11 is 3.58. The molecule has 108 valence electrons. The Morgan fingerprint density at radius 1 is 1.58 bits per heavy atom. The summed E-state index contributed by atoms with van der Waals surface area (Å²) in [5.41, 5.74) is 4.09. The minimum Gasteiger partial charge on any atom is -0.383 e. The summed E-state index contributed by atoms with van der Waals surface area (Å²) in [6.07, 6.45) is 8.26. The Morgan fingerprint density at radius 2 is 2.32 bits per heavy atom. The molecule has 3 N–H and O–H groups in total. The normalized spacial score (nSPS) is 18.1. The van der Waals surface area contributed by atoms with Gasteiger partial charge in [0, 0.05) is 7.11 Å². The maximum atomic E-state index is 5.77. The summed E-state index contributed by atoms with van der Waals surface area (Å²) in [5, 5.41) is 4.39. The van der Waals surface area contributed by atoms with Crippen molar-refractivity contribution in [2.45, 2.75) is 44.7 Å². The van der Waals surface area contributed by atoms with Crippen molar-refractivity contribution in [2.75, 3.05) is 13.7 Å². The van der Waals surface area contributed by atoms with Crippen molar-refractivity contribution in [3.63, 3.8) is 0 Å². The lowest BCUT2D eigenvalue weighted by molar-refractivity contribution is 0.181. The Bertz CT molecular complexity index is 390. The summed E-state index contributed by atoms with van der Waals surface area (Å²) in [6.45, 7) is 1.40. The molecule has 1 aromatic heterocycles. The smallest absolute Gasteiger partial charge is 0.0710 e. The second kappa shape index (κ2) is 7.38. The van der Waals surface area contributed by atoms with Crippen LogP contribution < -0.4 is 11.3 Å². The number of methoxy groups -OCH3 is 1. The summed E-state index contributed by atoms with van der Waals surface area (Å²) in [6, 6.07) is 0.150. The number of nitrogens with zero attached hydrogens (tertiary/aromatic N) is 2. The average molecular weight is 331 g/mol. The number of rotatable bonds is 7. The molecule has 19 heavy (non-hydrogen) atoms. The molecule has 0 amide bonds. The van der Waals surface area contributed by atoms with Gasteiger partial charge in [0.1, 0.15) is 0 Å². The number of ether oxygens (including phenoxy) is 1. The average Bonchev–Trinajstić information content (AvgIpc) is 3.04. The first kappa shape index (κ1) is 15.0. The van der Waals surface area contributed by atoms with E-state index in [9.17, 15) is 0 Å². The van der Waals surface area contributed by atoms with Crippen molar-refractivity contribution in [3.8, 4) is 0 Å². The topological polar surface area (TPSA) is 65.1 Å². The number of halogens is 1. The largest absolute Gasteiger partial charge is 0.383 e. The van der Waals surface area contributed by atoms with Gasteiger partial charge in [0.25, 0.3) is 0 Å². The minimum atomic E-state index is 0.150. The molecule has 2 rings (SSSR count). The number of hydrogen-bond donors (Lipinski definition) is 2. The van der Waals surface area contributed by atoms with Gasteiger partial charge in [-0.05, 0) is 28.3 Å². The van der Waals surface area contributed by atoms with Crippen LogP contribution in [-0.4, -0.2) is 23.5 Å². The van der Waals surface area contributed by atoms with E-state index in [0.717, 1.165) is 29.1 Å². The predicted molar refractivity (Wildman–Crippen MR) is 78.4 cm³/mol. The molecular weight excluding hydrogens is 308 g/mol. The summed E-state index contributed by atoms with van der Waals surface area (Å²) in [4.78, 5) is 0. The van der Waals surface area contributed by atoms with Gasteiger partial charge in [-0.2, -0.15) is 5.10 Å². The Morgan fingerprint density at radius 3 is 2.95 bits per heavy atom. The van der Waals surface area contributed by atoms with Gasteiger partial charge in [-0.25, -0.2) is 0 Å². The second-order valence-electron chi connectivity index (χ2n) is 5.20. The minimum absolute atomic E-state index is 0.150. The van der Waals surface area contributed by atoms with Crippen LogP contribution in [0, 0.1) is 5.92 Å². The number of nitrogens with two attached hydrogens (primary N) is 1. The zero-order chi connectivity index (χ0) is 13.7. The van der Waals surface area contributed by atoms with E-state index < -0.39 is 0 Å². The molecule has 1 heterocycles. The molecule has 1 fully saturated rings. The van der Waals surface area contributed by atoms with Crippen molar-refractivity contribution in [3.05, 3.63) is 16.4 Å². The van der Waals surface area contributed by atoms with Gasteiger partial charge in [0.05, 0.1) is 35.6 Å². The fourth-order valence-electron chi connectivity index (χ4n) is 2.91. The highest BCUT2D eigenvalue weighted by Crippen LogP contribution is 2.34. The molecule has 1 saturated carbocycles. The lowest BCUT2D eigenvalue weighted by Gasteiger charge is -2.21. The number of hydrazine groups is 1. The molecule has 6 heteroatoms. The zero-order valence-electron chi connectivity index (χ0n) is 11.4. The van der Waals surface area contributed by atoms with Gasteiger partial charge in [-0.1, -0.05) is 25.7 Å².